The van der Waals surface area contributed by atoms with Gasteiger partial charge in [-0.3, -0.25) is 14.5 Å². The Labute approximate surface area is 153 Å². The van der Waals surface area contributed by atoms with Gasteiger partial charge in [-0.25, -0.2) is 4.79 Å². The number of nitrogens with one attached hydrogen (secondary N) is 2. The first-order valence-electron chi connectivity index (χ1n) is 9.23. The minimum atomic E-state index is -0.494. The van der Waals surface area contributed by atoms with Crippen molar-refractivity contribution in [2.45, 2.75) is 45.1 Å². The molecule has 1 aliphatic carbocycles. The van der Waals surface area contributed by atoms with Crippen LogP contribution in [0.5, 0.6) is 5.75 Å². The second-order valence-corrected chi connectivity index (χ2v) is 6.73. The van der Waals surface area contributed by atoms with Crippen molar-refractivity contribution in [2.24, 2.45) is 5.92 Å². The van der Waals surface area contributed by atoms with Crippen molar-refractivity contribution in [1.82, 2.24) is 10.2 Å². The van der Waals surface area contributed by atoms with Crippen LogP contribution < -0.4 is 15.4 Å². The lowest BCUT2D eigenvalue weighted by molar-refractivity contribution is -0.131. The summed E-state index contributed by atoms with van der Waals surface area (Å²) in [4.78, 5) is 38.2. The number of carbonyl (C=O) groups is 3. The molecule has 140 valence electrons. The van der Waals surface area contributed by atoms with E-state index in [9.17, 15) is 14.4 Å². The fourth-order valence-electron chi connectivity index (χ4n) is 3.66. The van der Waals surface area contributed by atoms with E-state index in [1.54, 1.807) is 18.2 Å². The topological polar surface area (TPSA) is 87.7 Å². The fraction of sp³-hybridized carbons (Fsp3) is 0.526. The van der Waals surface area contributed by atoms with Gasteiger partial charge >= 0.3 is 6.03 Å². The molecule has 1 aromatic carbocycles. The summed E-state index contributed by atoms with van der Waals surface area (Å²) in [5.74, 6) is 0.00710. The number of nitrogens with zero attached hydrogens (tertiary/aromatic N) is 1. The summed E-state index contributed by atoms with van der Waals surface area (Å²) in [6.07, 6.45) is 5.23. The van der Waals surface area contributed by atoms with Crippen LogP contribution in [0.2, 0.25) is 0 Å². The molecule has 7 nitrogen and oxygen atoms in total. The lowest BCUT2D eigenvalue weighted by Gasteiger charge is -2.25. The van der Waals surface area contributed by atoms with Crippen LogP contribution in [0.1, 0.15) is 39.0 Å². The van der Waals surface area contributed by atoms with Gasteiger partial charge in [0.2, 0.25) is 5.91 Å². The van der Waals surface area contributed by atoms with Crippen LogP contribution >= 0.6 is 0 Å². The molecular weight excluding hydrogens is 334 g/mol. The number of anilines is 1. The van der Waals surface area contributed by atoms with Gasteiger partial charge < -0.3 is 15.4 Å². The van der Waals surface area contributed by atoms with Gasteiger partial charge in [-0.05, 0) is 37.8 Å². The zero-order valence-electron chi connectivity index (χ0n) is 15.0. The second kappa shape index (κ2) is 8.21. The molecule has 1 aliphatic heterocycles. The Balaban J connectivity index is 1.62. The predicted molar refractivity (Wildman–Crippen MR) is 96.8 cm³/mol. The first kappa shape index (κ1) is 18.2. The number of hydrogen-bond acceptors (Lipinski definition) is 4. The molecular formula is C19H25N3O4. The van der Waals surface area contributed by atoms with E-state index in [4.69, 9.17) is 4.74 Å². The van der Waals surface area contributed by atoms with Crippen LogP contribution in [0, 0.1) is 5.92 Å². The smallest absolute Gasteiger partial charge is 0.325 e. The Bertz CT molecular complexity index is 685. The van der Waals surface area contributed by atoms with E-state index < -0.39 is 18.0 Å². The largest absolute Gasteiger partial charge is 0.492 e. The monoisotopic (exact) mass is 359 g/mol. The first-order valence-corrected chi connectivity index (χ1v) is 9.23. The minimum Gasteiger partial charge on any atom is -0.492 e. The Morgan fingerprint density at radius 2 is 1.96 bits per heavy atom. The van der Waals surface area contributed by atoms with E-state index in [2.05, 4.69) is 10.6 Å². The van der Waals surface area contributed by atoms with Crippen molar-refractivity contribution in [2.75, 3.05) is 18.5 Å². The summed E-state index contributed by atoms with van der Waals surface area (Å²) in [7, 11) is 0. The SMILES string of the molecule is CCOc1ccccc1NC(=O)CN1C(=O)N[C@H](C2CCCCC2)C1=O. The number of carbonyl (C=O) groups excluding carboxylic acids is 3. The summed E-state index contributed by atoms with van der Waals surface area (Å²) in [5, 5.41) is 5.48. The summed E-state index contributed by atoms with van der Waals surface area (Å²) in [6, 6.07) is 6.09. The molecule has 1 saturated heterocycles. The molecule has 1 aromatic rings. The number of urea groups is 1. The quantitative estimate of drug-likeness (QED) is 0.764. The third-order valence-electron chi connectivity index (χ3n) is 4.94. The van der Waals surface area contributed by atoms with E-state index >= 15 is 0 Å². The number of imide groups is 1. The van der Waals surface area contributed by atoms with Gasteiger partial charge in [0.1, 0.15) is 18.3 Å². The van der Waals surface area contributed by atoms with Crippen LogP contribution in [0.3, 0.4) is 0 Å². The van der Waals surface area contributed by atoms with E-state index in [1.165, 1.54) is 6.42 Å². The zero-order chi connectivity index (χ0) is 18.5. The molecule has 0 spiro atoms. The fourth-order valence-corrected chi connectivity index (χ4v) is 3.66. The van der Waals surface area contributed by atoms with Gasteiger partial charge in [-0.1, -0.05) is 31.4 Å². The average Bonchev–Trinajstić information content (AvgIpc) is 2.92. The Kier molecular flexibility index (Phi) is 5.75. The van der Waals surface area contributed by atoms with Crippen molar-refractivity contribution >= 4 is 23.5 Å². The van der Waals surface area contributed by atoms with Crippen molar-refractivity contribution in [1.29, 1.82) is 0 Å². The normalized spacial score (nSPS) is 20.8. The number of amides is 4. The molecule has 2 fully saturated rings. The van der Waals surface area contributed by atoms with E-state index in [0.29, 0.717) is 18.0 Å². The summed E-state index contributed by atoms with van der Waals surface area (Å²) in [5.41, 5.74) is 0.523. The highest BCUT2D eigenvalue weighted by Crippen LogP contribution is 2.29. The minimum absolute atomic E-state index is 0.173. The molecule has 7 heteroatoms. The van der Waals surface area contributed by atoms with Gasteiger partial charge in [0, 0.05) is 0 Å². The molecule has 1 heterocycles. The number of hydrogen-bond donors (Lipinski definition) is 2. The van der Waals surface area contributed by atoms with Gasteiger partial charge in [0.25, 0.3) is 5.91 Å². The maximum Gasteiger partial charge on any atom is 0.325 e. The van der Waals surface area contributed by atoms with E-state index in [-0.39, 0.29) is 18.4 Å². The molecule has 0 radical (unpaired) electrons. The van der Waals surface area contributed by atoms with Crippen molar-refractivity contribution in [3.05, 3.63) is 24.3 Å². The average molecular weight is 359 g/mol. The third-order valence-corrected chi connectivity index (χ3v) is 4.94. The van der Waals surface area contributed by atoms with Gasteiger partial charge in [0.15, 0.2) is 0 Å². The first-order chi connectivity index (χ1) is 12.6. The molecule has 0 unspecified atom stereocenters. The maximum atomic E-state index is 12.6. The van der Waals surface area contributed by atoms with Gasteiger partial charge in [-0.15, -0.1) is 0 Å². The molecule has 2 aliphatic rings. The molecule has 0 aromatic heterocycles. The summed E-state index contributed by atoms with van der Waals surface area (Å²) in [6.45, 7) is 2.04. The van der Waals surface area contributed by atoms with Crippen molar-refractivity contribution in [3.8, 4) is 5.75 Å². The summed E-state index contributed by atoms with van der Waals surface area (Å²) < 4.78 is 5.47. The molecule has 3 rings (SSSR count). The predicted octanol–water partition coefficient (Wildman–Crippen LogP) is 2.52. The molecule has 1 atom stereocenters. The highest BCUT2D eigenvalue weighted by Gasteiger charge is 2.43. The lowest BCUT2D eigenvalue weighted by Crippen LogP contribution is -2.40. The van der Waals surface area contributed by atoms with Crippen molar-refractivity contribution < 1.29 is 19.1 Å². The van der Waals surface area contributed by atoms with Crippen LogP contribution in [0.15, 0.2) is 24.3 Å². The molecule has 2 N–H and O–H groups in total. The number of rotatable bonds is 6. The molecule has 1 saturated carbocycles. The highest BCUT2D eigenvalue weighted by atomic mass is 16.5. The van der Waals surface area contributed by atoms with E-state index in [0.717, 1.165) is 30.6 Å². The van der Waals surface area contributed by atoms with Crippen LogP contribution in [-0.4, -0.2) is 41.9 Å². The van der Waals surface area contributed by atoms with E-state index in [1.807, 2.05) is 13.0 Å². The van der Waals surface area contributed by atoms with Gasteiger partial charge in [-0.2, -0.15) is 0 Å². The Morgan fingerprint density at radius 1 is 1.23 bits per heavy atom. The zero-order valence-corrected chi connectivity index (χ0v) is 15.0. The third kappa shape index (κ3) is 3.98. The van der Waals surface area contributed by atoms with Gasteiger partial charge in [0.05, 0.1) is 12.3 Å². The molecule has 26 heavy (non-hydrogen) atoms. The van der Waals surface area contributed by atoms with Crippen LogP contribution in [0.25, 0.3) is 0 Å². The van der Waals surface area contributed by atoms with Crippen LogP contribution in [0.4, 0.5) is 10.5 Å². The number of ether oxygens (including phenoxy) is 1. The second-order valence-electron chi connectivity index (χ2n) is 6.73. The standard InChI is InChI=1S/C19H25N3O4/c1-2-26-15-11-7-6-10-14(15)20-16(23)12-22-18(24)17(21-19(22)25)13-8-4-3-5-9-13/h6-7,10-11,13,17H,2-5,8-9,12H2,1H3,(H,20,23)(H,21,25)/t17-/m1/s1. The Morgan fingerprint density at radius 3 is 2.69 bits per heavy atom. The lowest BCUT2D eigenvalue weighted by atomic mass is 9.84. The summed E-state index contributed by atoms with van der Waals surface area (Å²) >= 11 is 0. The molecule has 4 amide bonds. The van der Waals surface area contributed by atoms with Crippen molar-refractivity contribution in [3.63, 3.8) is 0 Å². The molecule has 0 bridgehead atoms. The number of benzene rings is 1. The number of para-hydroxylation sites is 2. The maximum absolute atomic E-state index is 12.6. The highest BCUT2D eigenvalue weighted by molar-refractivity contribution is 6.08. The van der Waals surface area contributed by atoms with Crippen LogP contribution in [-0.2, 0) is 9.59 Å². The Hall–Kier alpha value is -2.57.